The van der Waals surface area contributed by atoms with Gasteiger partial charge in [-0.15, -0.1) is 0 Å². The second-order valence-electron chi connectivity index (χ2n) is 4.34. The van der Waals surface area contributed by atoms with Crippen molar-refractivity contribution in [1.29, 1.82) is 0 Å². The summed E-state index contributed by atoms with van der Waals surface area (Å²) in [6.07, 6.45) is 1.32. The maximum atomic E-state index is 11.3. The molecule has 0 saturated carbocycles. The number of ether oxygens (including phenoxy) is 3. The second-order valence-corrected chi connectivity index (χ2v) is 5.19. The number of hydrogen-bond donors (Lipinski definition) is 0. The SMILES string of the molecule is CCOC(=O)CCc1ccc(OCC2CO2)c(Br)c1. The molecule has 1 aliphatic rings. The monoisotopic (exact) mass is 328 g/mol. The van der Waals surface area contributed by atoms with Gasteiger partial charge in [0.25, 0.3) is 0 Å². The molecule has 0 spiro atoms. The van der Waals surface area contributed by atoms with E-state index in [1.54, 1.807) is 0 Å². The number of carbonyl (C=O) groups excluding carboxylic acids is 1. The highest BCUT2D eigenvalue weighted by Crippen LogP contribution is 2.27. The standard InChI is InChI=1S/C14H17BrO4/c1-2-17-14(16)6-4-10-3-5-13(12(15)7-10)19-9-11-8-18-11/h3,5,7,11H,2,4,6,8-9H2,1H3. The molecular formula is C14H17BrO4. The highest BCUT2D eigenvalue weighted by molar-refractivity contribution is 9.10. The molecule has 1 saturated heterocycles. The van der Waals surface area contributed by atoms with Crippen molar-refractivity contribution in [1.82, 2.24) is 0 Å². The zero-order chi connectivity index (χ0) is 13.7. The summed E-state index contributed by atoms with van der Waals surface area (Å²) in [6, 6.07) is 5.85. The molecule has 1 heterocycles. The minimum atomic E-state index is -0.162. The van der Waals surface area contributed by atoms with Crippen molar-refractivity contribution in [3.63, 3.8) is 0 Å². The van der Waals surface area contributed by atoms with Gasteiger partial charge in [-0.3, -0.25) is 4.79 Å². The first-order valence-electron chi connectivity index (χ1n) is 6.37. The third-order valence-electron chi connectivity index (χ3n) is 2.75. The van der Waals surface area contributed by atoms with Gasteiger partial charge in [-0.2, -0.15) is 0 Å². The minimum Gasteiger partial charge on any atom is -0.490 e. The zero-order valence-corrected chi connectivity index (χ0v) is 12.4. The Balaban J connectivity index is 1.84. The van der Waals surface area contributed by atoms with Crippen LogP contribution >= 0.6 is 15.9 Å². The van der Waals surface area contributed by atoms with Gasteiger partial charge in [0, 0.05) is 6.42 Å². The normalized spacial score (nSPS) is 17.1. The van der Waals surface area contributed by atoms with Crippen LogP contribution in [-0.4, -0.2) is 31.9 Å². The molecule has 2 rings (SSSR count). The molecule has 5 heteroatoms. The predicted molar refractivity (Wildman–Crippen MR) is 74.3 cm³/mol. The van der Waals surface area contributed by atoms with E-state index in [1.165, 1.54) is 0 Å². The molecule has 1 aromatic carbocycles. The van der Waals surface area contributed by atoms with E-state index < -0.39 is 0 Å². The van der Waals surface area contributed by atoms with Crippen LogP contribution in [0.25, 0.3) is 0 Å². The molecule has 0 amide bonds. The van der Waals surface area contributed by atoms with E-state index >= 15 is 0 Å². The van der Waals surface area contributed by atoms with E-state index in [-0.39, 0.29) is 12.1 Å². The Labute approximate surface area is 121 Å². The number of benzene rings is 1. The molecule has 1 aromatic rings. The third kappa shape index (κ3) is 4.84. The fourth-order valence-corrected chi connectivity index (χ4v) is 2.18. The van der Waals surface area contributed by atoms with Crippen molar-refractivity contribution in [3.05, 3.63) is 28.2 Å². The molecule has 0 bridgehead atoms. The predicted octanol–water partition coefficient (Wildman–Crippen LogP) is 2.72. The summed E-state index contributed by atoms with van der Waals surface area (Å²) in [5.74, 6) is 0.639. The van der Waals surface area contributed by atoms with Gasteiger partial charge in [-0.25, -0.2) is 0 Å². The molecule has 1 unspecified atom stereocenters. The average Bonchev–Trinajstić information content (AvgIpc) is 3.20. The largest absolute Gasteiger partial charge is 0.490 e. The number of aryl methyl sites for hydroxylation is 1. The van der Waals surface area contributed by atoms with Crippen LogP contribution in [-0.2, 0) is 20.7 Å². The maximum absolute atomic E-state index is 11.3. The van der Waals surface area contributed by atoms with Crippen LogP contribution in [0.4, 0.5) is 0 Å². The van der Waals surface area contributed by atoms with Crippen LogP contribution in [0.3, 0.4) is 0 Å². The van der Waals surface area contributed by atoms with Crippen LogP contribution < -0.4 is 4.74 Å². The lowest BCUT2D eigenvalue weighted by Crippen LogP contribution is -2.06. The van der Waals surface area contributed by atoms with Crippen molar-refractivity contribution < 1.29 is 19.0 Å². The van der Waals surface area contributed by atoms with Crippen molar-refractivity contribution in [2.24, 2.45) is 0 Å². The van der Waals surface area contributed by atoms with Gasteiger partial charge in [-0.1, -0.05) is 6.07 Å². The smallest absolute Gasteiger partial charge is 0.306 e. The first-order valence-corrected chi connectivity index (χ1v) is 7.16. The van der Waals surface area contributed by atoms with E-state index in [4.69, 9.17) is 14.2 Å². The van der Waals surface area contributed by atoms with Gasteiger partial charge in [0.05, 0.1) is 17.7 Å². The fraction of sp³-hybridized carbons (Fsp3) is 0.500. The number of halogens is 1. The van der Waals surface area contributed by atoms with Crippen LogP contribution in [0.5, 0.6) is 5.75 Å². The summed E-state index contributed by atoms with van der Waals surface area (Å²) in [5, 5.41) is 0. The lowest BCUT2D eigenvalue weighted by Gasteiger charge is -2.08. The third-order valence-corrected chi connectivity index (χ3v) is 3.37. The Morgan fingerprint density at radius 1 is 1.53 bits per heavy atom. The van der Waals surface area contributed by atoms with Crippen LogP contribution in [0.2, 0.25) is 0 Å². The summed E-state index contributed by atoms with van der Waals surface area (Å²) >= 11 is 3.47. The van der Waals surface area contributed by atoms with E-state index in [0.717, 1.165) is 22.4 Å². The lowest BCUT2D eigenvalue weighted by atomic mass is 10.1. The molecule has 1 fully saturated rings. The summed E-state index contributed by atoms with van der Waals surface area (Å²) in [6.45, 7) is 3.61. The molecule has 0 aromatic heterocycles. The van der Waals surface area contributed by atoms with E-state index in [1.807, 2.05) is 25.1 Å². The first kappa shape index (κ1) is 14.3. The Morgan fingerprint density at radius 2 is 2.32 bits per heavy atom. The number of carbonyl (C=O) groups is 1. The molecule has 1 aliphatic heterocycles. The average molecular weight is 329 g/mol. The van der Waals surface area contributed by atoms with E-state index in [0.29, 0.717) is 26.1 Å². The van der Waals surface area contributed by atoms with E-state index in [2.05, 4.69) is 15.9 Å². The Morgan fingerprint density at radius 3 is 2.95 bits per heavy atom. The first-order chi connectivity index (χ1) is 9.19. The topological polar surface area (TPSA) is 48.1 Å². The van der Waals surface area contributed by atoms with Gasteiger partial charge in [-0.05, 0) is 47.0 Å². The van der Waals surface area contributed by atoms with Gasteiger partial charge in [0.15, 0.2) is 0 Å². The van der Waals surface area contributed by atoms with Crippen molar-refractivity contribution in [3.8, 4) is 5.75 Å². The molecule has 0 radical (unpaired) electrons. The Hall–Kier alpha value is -1.07. The highest BCUT2D eigenvalue weighted by atomic mass is 79.9. The van der Waals surface area contributed by atoms with Crippen LogP contribution in [0.15, 0.2) is 22.7 Å². The summed E-state index contributed by atoms with van der Waals surface area (Å²) in [7, 11) is 0. The lowest BCUT2D eigenvalue weighted by molar-refractivity contribution is -0.143. The molecule has 4 nitrogen and oxygen atoms in total. The zero-order valence-electron chi connectivity index (χ0n) is 10.9. The Bertz CT molecular complexity index is 443. The Kier molecular flexibility index (Phi) is 5.22. The highest BCUT2D eigenvalue weighted by Gasteiger charge is 2.23. The number of esters is 1. The second kappa shape index (κ2) is 6.91. The van der Waals surface area contributed by atoms with Crippen molar-refractivity contribution >= 4 is 21.9 Å². The maximum Gasteiger partial charge on any atom is 0.306 e. The number of hydrogen-bond acceptors (Lipinski definition) is 4. The minimum absolute atomic E-state index is 0.162. The van der Waals surface area contributed by atoms with Gasteiger partial charge in [0.1, 0.15) is 18.5 Å². The molecule has 1 atom stereocenters. The molecule has 19 heavy (non-hydrogen) atoms. The number of epoxide rings is 1. The van der Waals surface area contributed by atoms with E-state index in [9.17, 15) is 4.79 Å². The fourth-order valence-electron chi connectivity index (χ4n) is 1.64. The van der Waals surface area contributed by atoms with Crippen molar-refractivity contribution in [2.45, 2.75) is 25.9 Å². The molecule has 104 valence electrons. The molecular weight excluding hydrogens is 312 g/mol. The summed E-state index contributed by atoms with van der Waals surface area (Å²) < 4.78 is 16.5. The summed E-state index contributed by atoms with van der Waals surface area (Å²) in [5.41, 5.74) is 1.08. The quantitative estimate of drug-likeness (QED) is 0.570. The van der Waals surface area contributed by atoms with Gasteiger partial charge >= 0.3 is 5.97 Å². The van der Waals surface area contributed by atoms with Crippen LogP contribution in [0.1, 0.15) is 18.9 Å². The summed E-state index contributed by atoms with van der Waals surface area (Å²) in [4.78, 5) is 11.3. The molecule has 0 N–H and O–H groups in total. The van der Waals surface area contributed by atoms with Gasteiger partial charge in [0.2, 0.25) is 0 Å². The van der Waals surface area contributed by atoms with Crippen LogP contribution in [0, 0.1) is 0 Å². The molecule has 0 aliphatic carbocycles. The van der Waals surface area contributed by atoms with Gasteiger partial charge < -0.3 is 14.2 Å². The number of rotatable bonds is 7. The van der Waals surface area contributed by atoms with Crippen molar-refractivity contribution in [2.75, 3.05) is 19.8 Å².